The zero-order valence-electron chi connectivity index (χ0n) is 8.17. The van der Waals surface area contributed by atoms with Crippen LogP contribution in [0, 0.1) is 5.82 Å². The lowest BCUT2D eigenvalue weighted by Crippen LogP contribution is -2.24. The van der Waals surface area contributed by atoms with Gasteiger partial charge in [-0.15, -0.1) is 0 Å². The Hall–Kier alpha value is -0.940. The van der Waals surface area contributed by atoms with Gasteiger partial charge in [-0.3, -0.25) is 4.79 Å². The van der Waals surface area contributed by atoms with Gasteiger partial charge in [0.05, 0.1) is 13.0 Å². The van der Waals surface area contributed by atoms with Crippen LogP contribution >= 0.6 is 15.9 Å². The van der Waals surface area contributed by atoms with Gasteiger partial charge in [-0.05, 0) is 12.1 Å². The van der Waals surface area contributed by atoms with Gasteiger partial charge in [0.25, 0.3) is 0 Å². The summed E-state index contributed by atoms with van der Waals surface area (Å²) in [7, 11) is 1.25. The van der Waals surface area contributed by atoms with Gasteiger partial charge >= 0.3 is 5.97 Å². The summed E-state index contributed by atoms with van der Waals surface area (Å²) in [6, 6.07) is 4.49. The highest BCUT2D eigenvalue weighted by Crippen LogP contribution is 2.27. The average molecular weight is 276 g/mol. The van der Waals surface area contributed by atoms with E-state index >= 15 is 0 Å². The Bertz CT molecular complexity index is 350. The lowest BCUT2D eigenvalue weighted by atomic mass is 9.99. The first-order valence-electron chi connectivity index (χ1n) is 4.33. The van der Waals surface area contributed by atoms with Gasteiger partial charge in [0, 0.05) is 16.6 Å². The number of carbonyl (C=O) groups is 1. The minimum absolute atomic E-state index is 0.00616. The molecule has 1 unspecified atom stereocenters. The van der Waals surface area contributed by atoms with Crippen LogP contribution in [0.2, 0.25) is 0 Å². The molecule has 15 heavy (non-hydrogen) atoms. The third-order valence-electron chi connectivity index (χ3n) is 2.07. The summed E-state index contributed by atoms with van der Waals surface area (Å²) in [5.41, 5.74) is 5.67. The van der Waals surface area contributed by atoms with E-state index < -0.39 is 17.7 Å². The van der Waals surface area contributed by atoms with Crippen LogP contribution in [-0.2, 0) is 9.53 Å². The molecule has 0 amide bonds. The first-order valence-corrected chi connectivity index (χ1v) is 5.13. The fourth-order valence-corrected chi connectivity index (χ4v) is 1.94. The van der Waals surface area contributed by atoms with Gasteiger partial charge in [-0.2, -0.15) is 0 Å². The summed E-state index contributed by atoms with van der Waals surface area (Å²) < 4.78 is 18.6. The van der Waals surface area contributed by atoms with Crippen LogP contribution in [0.1, 0.15) is 11.5 Å². The smallest absolute Gasteiger partial charge is 0.314 e. The van der Waals surface area contributed by atoms with Crippen LogP contribution in [0.5, 0.6) is 0 Å². The van der Waals surface area contributed by atoms with Crippen LogP contribution < -0.4 is 5.73 Å². The van der Waals surface area contributed by atoms with Crippen molar-refractivity contribution in [3.05, 3.63) is 34.1 Å². The monoisotopic (exact) mass is 275 g/mol. The Morgan fingerprint density at radius 2 is 2.33 bits per heavy atom. The van der Waals surface area contributed by atoms with E-state index in [0.717, 1.165) is 0 Å². The summed E-state index contributed by atoms with van der Waals surface area (Å²) >= 11 is 3.18. The minimum atomic E-state index is -0.773. The van der Waals surface area contributed by atoms with Crippen LogP contribution in [0.15, 0.2) is 22.7 Å². The molecule has 0 aromatic heterocycles. The Labute approximate surface area is 95.5 Å². The van der Waals surface area contributed by atoms with E-state index in [1.807, 2.05) is 0 Å². The number of carbonyl (C=O) groups excluding carboxylic acids is 1. The van der Waals surface area contributed by atoms with Crippen molar-refractivity contribution in [2.45, 2.75) is 5.92 Å². The predicted octanol–water partition coefficient (Wildman–Crippen LogP) is 1.80. The first kappa shape index (κ1) is 12.1. The summed E-state index contributed by atoms with van der Waals surface area (Å²) in [6.07, 6.45) is 0. The number of methoxy groups -OCH3 is 1. The van der Waals surface area contributed by atoms with Gasteiger partial charge in [-0.25, -0.2) is 4.39 Å². The predicted molar refractivity (Wildman–Crippen MR) is 57.9 cm³/mol. The van der Waals surface area contributed by atoms with Gasteiger partial charge in [0.2, 0.25) is 0 Å². The topological polar surface area (TPSA) is 52.3 Å². The van der Waals surface area contributed by atoms with Crippen molar-refractivity contribution >= 4 is 21.9 Å². The zero-order chi connectivity index (χ0) is 11.4. The molecule has 5 heteroatoms. The number of hydrogen-bond acceptors (Lipinski definition) is 3. The molecule has 0 radical (unpaired) electrons. The molecule has 0 aliphatic rings. The molecule has 0 aliphatic carbocycles. The normalized spacial score (nSPS) is 12.3. The average Bonchev–Trinajstić information content (AvgIpc) is 2.22. The minimum Gasteiger partial charge on any atom is -0.469 e. The zero-order valence-corrected chi connectivity index (χ0v) is 9.75. The molecule has 3 nitrogen and oxygen atoms in total. The second kappa shape index (κ2) is 5.23. The van der Waals surface area contributed by atoms with Crippen LogP contribution in [-0.4, -0.2) is 19.6 Å². The van der Waals surface area contributed by atoms with Crippen molar-refractivity contribution in [2.24, 2.45) is 5.73 Å². The van der Waals surface area contributed by atoms with Crippen molar-refractivity contribution in [1.82, 2.24) is 0 Å². The Kier molecular flexibility index (Phi) is 4.23. The van der Waals surface area contributed by atoms with Crippen LogP contribution in [0.25, 0.3) is 0 Å². The second-order valence-corrected chi connectivity index (χ2v) is 3.80. The maximum Gasteiger partial charge on any atom is 0.314 e. The number of esters is 1. The molecule has 0 saturated carbocycles. The number of hydrogen-bond donors (Lipinski definition) is 1. The van der Waals surface area contributed by atoms with Crippen LogP contribution in [0.4, 0.5) is 4.39 Å². The van der Waals surface area contributed by atoms with Gasteiger partial charge < -0.3 is 10.5 Å². The van der Waals surface area contributed by atoms with E-state index in [2.05, 4.69) is 20.7 Å². The second-order valence-electron chi connectivity index (χ2n) is 2.95. The first-order chi connectivity index (χ1) is 7.11. The molecule has 0 aliphatic heterocycles. The summed E-state index contributed by atoms with van der Waals surface area (Å²) in [4.78, 5) is 11.4. The SMILES string of the molecule is COC(=O)C(CN)c1c(F)cccc1Br. The Balaban J connectivity index is 3.17. The lowest BCUT2D eigenvalue weighted by molar-refractivity contribution is -0.142. The third kappa shape index (κ3) is 2.54. The maximum absolute atomic E-state index is 13.5. The number of benzene rings is 1. The third-order valence-corrected chi connectivity index (χ3v) is 2.76. The number of rotatable bonds is 3. The lowest BCUT2D eigenvalue weighted by Gasteiger charge is -2.14. The summed E-state index contributed by atoms with van der Waals surface area (Å²) in [6.45, 7) is 0.00616. The largest absolute Gasteiger partial charge is 0.469 e. The maximum atomic E-state index is 13.5. The molecule has 2 N–H and O–H groups in total. The quantitative estimate of drug-likeness (QED) is 0.856. The van der Waals surface area contributed by atoms with Gasteiger partial charge in [-0.1, -0.05) is 22.0 Å². The fraction of sp³-hybridized carbons (Fsp3) is 0.300. The molecule has 1 aromatic carbocycles. The number of ether oxygens (including phenoxy) is 1. The molecular formula is C10H11BrFNO2. The Morgan fingerprint density at radius 3 is 2.80 bits per heavy atom. The van der Waals surface area contributed by atoms with Crippen molar-refractivity contribution in [3.8, 4) is 0 Å². The van der Waals surface area contributed by atoms with E-state index in [4.69, 9.17) is 5.73 Å². The molecule has 1 rings (SSSR count). The standard InChI is InChI=1S/C10H11BrFNO2/c1-15-10(14)6(5-13)9-7(11)3-2-4-8(9)12/h2-4,6H,5,13H2,1H3. The molecule has 0 saturated heterocycles. The fourth-order valence-electron chi connectivity index (χ4n) is 1.32. The van der Waals surface area contributed by atoms with Crippen LogP contribution in [0.3, 0.4) is 0 Å². The van der Waals surface area contributed by atoms with Crippen molar-refractivity contribution in [2.75, 3.05) is 13.7 Å². The van der Waals surface area contributed by atoms with Crippen molar-refractivity contribution in [3.63, 3.8) is 0 Å². The highest BCUT2D eigenvalue weighted by Gasteiger charge is 2.25. The summed E-state index contributed by atoms with van der Waals surface area (Å²) in [5, 5.41) is 0. The van der Waals surface area contributed by atoms with Crippen molar-refractivity contribution < 1.29 is 13.9 Å². The highest BCUT2D eigenvalue weighted by atomic mass is 79.9. The molecule has 1 atom stereocenters. The van der Waals surface area contributed by atoms with E-state index in [1.165, 1.54) is 13.2 Å². The molecule has 0 heterocycles. The molecule has 82 valence electrons. The van der Waals surface area contributed by atoms with Crippen molar-refractivity contribution in [1.29, 1.82) is 0 Å². The van der Waals surface area contributed by atoms with Gasteiger partial charge in [0.1, 0.15) is 5.82 Å². The van der Waals surface area contributed by atoms with E-state index in [-0.39, 0.29) is 12.1 Å². The summed E-state index contributed by atoms with van der Waals surface area (Å²) in [5.74, 6) is -1.78. The van der Waals surface area contributed by atoms with Gasteiger partial charge in [0.15, 0.2) is 0 Å². The number of nitrogens with two attached hydrogens (primary N) is 1. The van der Waals surface area contributed by atoms with E-state index in [1.54, 1.807) is 12.1 Å². The number of halogens is 2. The van der Waals surface area contributed by atoms with E-state index in [9.17, 15) is 9.18 Å². The molecule has 0 fully saturated rings. The molecule has 0 bridgehead atoms. The molecular weight excluding hydrogens is 265 g/mol. The molecule has 1 aromatic rings. The van der Waals surface area contributed by atoms with E-state index in [0.29, 0.717) is 4.47 Å². The molecule has 0 spiro atoms. The Morgan fingerprint density at radius 1 is 1.67 bits per heavy atom. The highest BCUT2D eigenvalue weighted by molar-refractivity contribution is 9.10.